The van der Waals surface area contributed by atoms with E-state index in [0.717, 1.165) is 16.3 Å². The van der Waals surface area contributed by atoms with E-state index < -0.39 is 17.9 Å². The predicted octanol–water partition coefficient (Wildman–Crippen LogP) is 4.35. The van der Waals surface area contributed by atoms with E-state index in [1.807, 2.05) is 42.5 Å². The second kappa shape index (κ2) is 8.02. The fraction of sp³-hybridized carbons (Fsp3) is 0.143. The molecule has 26 heavy (non-hydrogen) atoms. The Labute approximate surface area is 156 Å². The van der Waals surface area contributed by atoms with Crippen molar-refractivity contribution in [2.75, 3.05) is 0 Å². The molecule has 0 aliphatic carbocycles. The first-order valence-corrected chi connectivity index (χ1v) is 8.62. The Morgan fingerprint density at radius 2 is 1.69 bits per heavy atom. The first-order chi connectivity index (χ1) is 12.6. The highest BCUT2D eigenvalue weighted by atomic mass is 35.5. The lowest BCUT2D eigenvalue weighted by Gasteiger charge is -2.14. The largest absolute Gasteiger partial charge is 0.459 e. The van der Waals surface area contributed by atoms with E-state index in [2.05, 4.69) is 5.32 Å². The number of esters is 1. The van der Waals surface area contributed by atoms with E-state index in [9.17, 15) is 9.59 Å². The third kappa shape index (κ3) is 4.03. The summed E-state index contributed by atoms with van der Waals surface area (Å²) in [6.07, 6.45) is 0. The molecular weight excluding hydrogens is 350 g/mol. The molecule has 0 spiro atoms. The molecule has 132 valence electrons. The number of hydrogen-bond acceptors (Lipinski definition) is 3. The molecule has 1 amide bonds. The summed E-state index contributed by atoms with van der Waals surface area (Å²) in [6.45, 7) is 1.73. The van der Waals surface area contributed by atoms with Crippen LogP contribution in [-0.4, -0.2) is 17.9 Å². The summed E-state index contributed by atoms with van der Waals surface area (Å²) in [5.41, 5.74) is 1.24. The van der Waals surface area contributed by atoms with Crippen LogP contribution >= 0.6 is 11.6 Å². The second-order valence-corrected chi connectivity index (χ2v) is 6.33. The van der Waals surface area contributed by atoms with Crippen molar-refractivity contribution in [3.05, 3.63) is 82.9 Å². The molecule has 3 aromatic carbocycles. The Hall–Kier alpha value is -2.85. The van der Waals surface area contributed by atoms with E-state index in [4.69, 9.17) is 16.3 Å². The smallest absolute Gasteiger partial charge is 0.328 e. The molecule has 0 unspecified atom stereocenters. The lowest BCUT2D eigenvalue weighted by Crippen LogP contribution is -2.39. The predicted molar refractivity (Wildman–Crippen MR) is 102 cm³/mol. The normalized spacial score (nSPS) is 11.8. The molecule has 0 saturated heterocycles. The maximum Gasteiger partial charge on any atom is 0.328 e. The van der Waals surface area contributed by atoms with E-state index in [-0.39, 0.29) is 6.61 Å². The topological polar surface area (TPSA) is 55.4 Å². The average Bonchev–Trinajstić information content (AvgIpc) is 2.66. The lowest BCUT2D eigenvalue weighted by atomic mass is 10.1. The van der Waals surface area contributed by atoms with Gasteiger partial charge >= 0.3 is 5.97 Å². The summed E-state index contributed by atoms with van der Waals surface area (Å²) < 4.78 is 5.38. The van der Waals surface area contributed by atoms with Gasteiger partial charge in [-0.25, -0.2) is 4.79 Å². The van der Waals surface area contributed by atoms with E-state index >= 15 is 0 Å². The molecule has 0 radical (unpaired) electrons. The van der Waals surface area contributed by atoms with Crippen LogP contribution in [0.5, 0.6) is 0 Å². The van der Waals surface area contributed by atoms with Crippen molar-refractivity contribution < 1.29 is 14.3 Å². The standard InChI is InChI=1S/C21H18ClNO3/c1-14(23-20(24)18-11-4-5-12-19(18)22)21(25)26-13-16-9-6-8-15-7-2-3-10-17(15)16/h2-12,14H,13H2,1H3,(H,23,24)/t14-/m1/s1. The summed E-state index contributed by atoms with van der Waals surface area (Å²) in [7, 11) is 0. The zero-order valence-corrected chi connectivity index (χ0v) is 15.0. The Bertz CT molecular complexity index is 949. The van der Waals surface area contributed by atoms with Crippen LogP contribution in [0.15, 0.2) is 66.7 Å². The van der Waals surface area contributed by atoms with Crippen molar-refractivity contribution in [2.24, 2.45) is 0 Å². The number of nitrogens with one attached hydrogen (secondary N) is 1. The maximum absolute atomic E-state index is 12.2. The van der Waals surface area contributed by atoms with Crippen molar-refractivity contribution in [3.63, 3.8) is 0 Å². The molecular formula is C21H18ClNO3. The number of hydrogen-bond donors (Lipinski definition) is 1. The number of carbonyl (C=O) groups excluding carboxylic acids is 2. The van der Waals surface area contributed by atoms with Crippen LogP contribution in [0, 0.1) is 0 Å². The van der Waals surface area contributed by atoms with Gasteiger partial charge in [0.05, 0.1) is 10.6 Å². The van der Waals surface area contributed by atoms with Gasteiger partial charge in [-0.2, -0.15) is 0 Å². The zero-order chi connectivity index (χ0) is 18.5. The number of carbonyl (C=O) groups is 2. The molecule has 4 nitrogen and oxygen atoms in total. The lowest BCUT2D eigenvalue weighted by molar-refractivity contribution is -0.146. The van der Waals surface area contributed by atoms with Crippen LogP contribution in [0.1, 0.15) is 22.8 Å². The van der Waals surface area contributed by atoms with Crippen LogP contribution in [0.25, 0.3) is 10.8 Å². The first kappa shape index (κ1) is 18.0. The minimum Gasteiger partial charge on any atom is -0.459 e. The highest BCUT2D eigenvalue weighted by molar-refractivity contribution is 6.33. The number of rotatable bonds is 5. The van der Waals surface area contributed by atoms with Crippen LogP contribution in [0.2, 0.25) is 5.02 Å². The van der Waals surface area contributed by atoms with Crippen molar-refractivity contribution in [1.82, 2.24) is 5.32 Å². The molecule has 1 N–H and O–H groups in total. The van der Waals surface area contributed by atoms with Gasteiger partial charge in [-0.05, 0) is 35.4 Å². The summed E-state index contributed by atoms with van der Waals surface area (Å²) in [6, 6.07) is 19.6. The van der Waals surface area contributed by atoms with Crippen LogP contribution in [0.4, 0.5) is 0 Å². The summed E-state index contributed by atoms with van der Waals surface area (Å²) in [5, 5.41) is 5.07. The van der Waals surface area contributed by atoms with Crippen LogP contribution in [-0.2, 0) is 16.1 Å². The molecule has 3 rings (SSSR count). The minimum atomic E-state index is -0.784. The summed E-state index contributed by atoms with van der Waals surface area (Å²) in [4.78, 5) is 24.5. The second-order valence-electron chi connectivity index (χ2n) is 5.92. The molecule has 0 aromatic heterocycles. The van der Waals surface area contributed by atoms with Crippen molar-refractivity contribution in [3.8, 4) is 0 Å². The molecule has 0 aliphatic rings. The summed E-state index contributed by atoms with van der Waals surface area (Å²) >= 11 is 6.00. The third-order valence-electron chi connectivity index (χ3n) is 4.07. The summed E-state index contributed by atoms with van der Waals surface area (Å²) in [5.74, 6) is -0.913. The van der Waals surface area contributed by atoms with Gasteiger partial charge in [0, 0.05) is 0 Å². The van der Waals surface area contributed by atoms with Gasteiger partial charge in [-0.3, -0.25) is 4.79 Å². The van der Waals surface area contributed by atoms with Gasteiger partial charge in [0.2, 0.25) is 0 Å². The van der Waals surface area contributed by atoms with Gasteiger partial charge in [-0.1, -0.05) is 66.2 Å². The molecule has 0 aliphatic heterocycles. The van der Waals surface area contributed by atoms with Gasteiger partial charge < -0.3 is 10.1 Å². The van der Waals surface area contributed by atoms with E-state index in [1.165, 1.54) is 0 Å². The third-order valence-corrected chi connectivity index (χ3v) is 4.40. The first-order valence-electron chi connectivity index (χ1n) is 8.25. The van der Waals surface area contributed by atoms with E-state index in [1.54, 1.807) is 31.2 Å². The fourth-order valence-corrected chi connectivity index (χ4v) is 2.89. The van der Waals surface area contributed by atoms with Crippen LogP contribution in [0.3, 0.4) is 0 Å². The van der Waals surface area contributed by atoms with Gasteiger partial charge in [0.15, 0.2) is 0 Å². The number of benzene rings is 3. The fourth-order valence-electron chi connectivity index (χ4n) is 2.67. The number of ether oxygens (including phenoxy) is 1. The van der Waals surface area contributed by atoms with Crippen molar-refractivity contribution in [2.45, 2.75) is 19.6 Å². The van der Waals surface area contributed by atoms with Crippen LogP contribution < -0.4 is 5.32 Å². The van der Waals surface area contributed by atoms with Crippen molar-refractivity contribution >= 4 is 34.2 Å². The Morgan fingerprint density at radius 3 is 2.50 bits per heavy atom. The highest BCUT2D eigenvalue weighted by Crippen LogP contribution is 2.19. The Balaban J connectivity index is 1.62. The molecule has 0 bridgehead atoms. The molecule has 5 heteroatoms. The molecule has 3 aromatic rings. The van der Waals surface area contributed by atoms with E-state index in [0.29, 0.717) is 10.6 Å². The maximum atomic E-state index is 12.2. The number of amides is 1. The van der Waals surface area contributed by atoms with Gasteiger partial charge in [0.1, 0.15) is 12.6 Å². The number of halogens is 1. The quantitative estimate of drug-likeness (QED) is 0.682. The van der Waals surface area contributed by atoms with Crippen molar-refractivity contribution in [1.29, 1.82) is 0 Å². The Kier molecular flexibility index (Phi) is 5.54. The zero-order valence-electron chi connectivity index (χ0n) is 14.2. The van der Waals surface area contributed by atoms with Gasteiger partial charge in [0.25, 0.3) is 5.91 Å². The number of fused-ring (bicyclic) bond motifs is 1. The SMILES string of the molecule is C[C@@H](NC(=O)c1ccccc1Cl)C(=O)OCc1cccc2ccccc12. The molecule has 0 saturated carbocycles. The monoisotopic (exact) mass is 367 g/mol. The molecule has 0 fully saturated rings. The van der Waals surface area contributed by atoms with Gasteiger partial charge in [-0.15, -0.1) is 0 Å². The molecule has 0 heterocycles. The average molecular weight is 368 g/mol. The Morgan fingerprint density at radius 1 is 1.00 bits per heavy atom. The minimum absolute atomic E-state index is 0.145. The highest BCUT2D eigenvalue weighted by Gasteiger charge is 2.19. The molecule has 1 atom stereocenters.